The van der Waals surface area contributed by atoms with Crippen molar-refractivity contribution in [2.45, 2.75) is 38.8 Å². The maximum absolute atomic E-state index is 12.2. The summed E-state index contributed by atoms with van der Waals surface area (Å²) >= 11 is 0. The zero-order chi connectivity index (χ0) is 11.7. The van der Waals surface area contributed by atoms with Crippen LogP contribution in [0.15, 0.2) is 0 Å². The molecule has 0 saturated carbocycles. The molecule has 0 spiro atoms. The molecule has 4 unspecified atom stereocenters. The molecule has 2 aliphatic heterocycles. The molecule has 2 heterocycles. The molecule has 0 bridgehead atoms. The number of amides is 1. The maximum atomic E-state index is 12.2. The van der Waals surface area contributed by atoms with Gasteiger partial charge in [-0.15, -0.1) is 0 Å². The summed E-state index contributed by atoms with van der Waals surface area (Å²) in [5, 5.41) is 0. The normalized spacial score (nSPS) is 40.1. The average molecular weight is 226 g/mol. The second-order valence-corrected chi connectivity index (χ2v) is 5.29. The highest BCUT2D eigenvalue weighted by Gasteiger charge is 2.34. The minimum absolute atomic E-state index is 0.0801. The number of carbonyl (C=O) groups excluding carboxylic acids is 1. The first-order chi connectivity index (χ1) is 7.58. The Hall–Kier alpha value is -0.610. The first kappa shape index (κ1) is 11.9. The fraction of sp³-hybridized carbons (Fsp3) is 0.917. The van der Waals surface area contributed by atoms with Gasteiger partial charge in [-0.3, -0.25) is 4.79 Å². The Morgan fingerprint density at radius 2 is 2.19 bits per heavy atom. The van der Waals surface area contributed by atoms with Gasteiger partial charge in [0.05, 0.1) is 18.6 Å². The van der Waals surface area contributed by atoms with E-state index in [2.05, 4.69) is 6.92 Å². The Balaban J connectivity index is 1.90. The predicted octanol–water partition coefficient (Wildman–Crippen LogP) is 0.607. The second kappa shape index (κ2) is 4.72. The first-order valence-corrected chi connectivity index (χ1v) is 6.24. The Morgan fingerprint density at radius 1 is 1.44 bits per heavy atom. The van der Waals surface area contributed by atoms with Gasteiger partial charge in [0.1, 0.15) is 0 Å². The van der Waals surface area contributed by atoms with Crippen LogP contribution in [-0.4, -0.2) is 42.6 Å². The second-order valence-electron chi connectivity index (χ2n) is 5.29. The fourth-order valence-corrected chi connectivity index (χ4v) is 2.61. The van der Waals surface area contributed by atoms with Crippen LogP contribution in [0.1, 0.15) is 26.7 Å². The summed E-state index contributed by atoms with van der Waals surface area (Å²) in [6.45, 7) is 6.37. The average Bonchev–Trinajstić information content (AvgIpc) is 2.68. The monoisotopic (exact) mass is 226 g/mol. The molecule has 4 atom stereocenters. The molecule has 92 valence electrons. The summed E-state index contributed by atoms with van der Waals surface area (Å²) in [5.41, 5.74) is 5.95. The Morgan fingerprint density at radius 3 is 2.75 bits per heavy atom. The molecule has 4 nitrogen and oxygen atoms in total. The SMILES string of the molecule is CC1CC(C(=O)N2CCC(N)C(C)C2)CO1. The number of hydrogen-bond acceptors (Lipinski definition) is 3. The molecule has 0 aliphatic carbocycles. The number of ether oxygens (including phenoxy) is 1. The third kappa shape index (κ3) is 2.38. The van der Waals surface area contributed by atoms with Crippen molar-refractivity contribution in [1.82, 2.24) is 4.90 Å². The summed E-state index contributed by atoms with van der Waals surface area (Å²) in [4.78, 5) is 14.2. The molecule has 0 aromatic rings. The van der Waals surface area contributed by atoms with Crippen LogP contribution in [0.3, 0.4) is 0 Å². The minimum atomic E-state index is 0.0801. The number of rotatable bonds is 1. The van der Waals surface area contributed by atoms with Gasteiger partial charge in [0.2, 0.25) is 5.91 Å². The lowest BCUT2D eigenvalue weighted by molar-refractivity contribution is -0.137. The Kier molecular flexibility index (Phi) is 3.50. The third-order valence-corrected chi connectivity index (χ3v) is 3.83. The number of hydrogen-bond donors (Lipinski definition) is 1. The third-order valence-electron chi connectivity index (χ3n) is 3.83. The van der Waals surface area contributed by atoms with E-state index in [0.717, 1.165) is 25.9 Å². The predicted molar refractivity (Wildman–Crippen MR) is 61.9 cm³/mol. The van der Waals surface area contributed by atoms with Crippen molar-refractivity contribution in [2.75, 3.05) is 19.7 Å². The molecule has 2 rings (SSSR count). The lowest BCUT2D eigenvalue weighted by atomic mass is 9.93. The molecular weight excluding hydrogens is 204 g/mol. The summed E-state index contributed by atoms with van der Waals surface area (Å²) in [7, 11) is 0. The van der Waals surface area contributed by atoms with Crippen LogP contribution in [0.4, 0.5) is 0 Å². The summed E-state index contributed by atoms with van der Waals surface area (Å²) < 4.78 is 5.45. The van der Waals surface area contributed by atoms with E-state index in [-0.39, 0.29) is 24.0 Å². The van der Waals surface area contributed by atoms with Gasteiger partial charge in [0.25, 0.3) is 0 Å². The number of carbonyl (C=O) groups is 1. The van der Waals surface area contributed by atoms with Crippen molar-refractivity contribution in [3.05, 3.63) is 0 Å². The highest BCUT2D eigenvalue weighted by molar-refractivity contribution is 5.79. The lowest BCUT2D eigenvalue weighted by Gasteiger charge is -2.36. The van der Waals surface area contributed by atoms with E-state index < -0.39 is 0 Å². The fourth-order valence-electron chi connectivity index (χ4n) is 2.61. The molecule has 0 aromatic carbocycles. The molecule has 2 aliphatic rings. The van der Waals surface area contributed by atoms with Crippen molar-refractivity contribution in [3.8, 4) is 0 Å². The molecule has 2 saturated heterocycles. The van der Waals surface area contributed by atoms with Gasteiger partial charge in [0.15, 0.2) is 0 Å². The number of piperidine rings is 1. The van der Waals surface area contributed by atoms with Crippen molar-refractivity contribution in [1.29, 1.82) is 0 Å². The zero-order valence-electron chi connectivity index (χ0n) is 10.2. The smallest absolute Gasteiger partial charge is 0.228 e. The van der Waals surface area contributed by atoms with Crippen LogP contribution in [-0.2, 0) is 9.53 Å². The Labute approximate surface area is 97.1 Å². The van der Waals surface area contributed by atoms with E-state index in [1.54, 1.807) is 0 Å². The molecular formula is C12H22N2O2. The zero-order valence-corrected chi connectivity index (χ0v) is 10.2. The quantitative estimate of drug-likeness (QED) is 0.712. The molecule has 4 heteroatoms. The highest BCUT2D eigenvalue weighted by atomic mass is 16.5. The van der Waals surface area contributed by atoms with Crippen LogP contribution in [0.2, 0.25) is 0 Å². The van der Waals surface area contributed by atoms with Gasteiger partial charge in [-0.2, -0.15) is 0 Å². The Bertz CT molecular complexity index is 270. The van der Waals surface area contributed by atoms with E-state index in [1.807, 2.05) is 11.8 Å². The van der Waals surface area contributed by atoms with Crippen LogP contribution < -0.4 is 5.73 Å². The van der Waals surface area contributed by atoms with Crippen LogP contribution in [0.5, 0.6) is 0 Å². The highest BCUT2D eigenvalue weighted by Crippen LogP contribution is 2.24. The van der Waals surface area contributed by atoms with Crippen molar-refractivity contribution in [3.63, 3.8) is 0 Å². The van der Waals surface area contributed by atoms with E-state index in [4.69, 9.17) is 10.5 Å². The summed E-state index contributed by atoms with van der Waals surface area (Å²) in [5.74, 6) is 0.761. The molecule has 2 N–H and O–H groups in total. The standard InChI is InChI=1S/C12H22N2O2/c1-8-6-14(4-3-11(8)13)12(15)10-5-9(2)16-7-10/h8-11H,3-7,13H2,1-2H3. The molecule has 0 radical (unpaired) electrons. The number of nitrogens with two attached hydrogens (primary N) is 1. The topological polar surface area (TPSA) is 55.6 Å². The van der Waals surface area contributed by atoms with Gasteiger partial charge < -0.3 is 15.4 Å². The van der Waals surface area contributed by atoms with Gasteiger partial charge >= 0.3 is 0 Å². The van der Waals surface area contributed by atoms with Gasteiger partial charge in [-0.05, 0) is 25.7 Å². The van der Waals surface area contributed by atoms with E-state index in [1.165, 1.54) is 0 Å². The van der Waals surface area contributed by atoms with Crippen molar-refractivity contribution >= 4 is 5.91 Å². The van der Waals surface area contributed by atoms with Crippen LogP contribution in [0.25, 0.3) is 0 Å². The van der Waals surface area contributed by atoms with Gasteiger partial charge in [0, 0.05) is 19.1 Å². The number of likely N-dealkylation sites (tertiary alicyclic amines) is 1. The van der Waals surface area contributed by atoms with Crippen molar-refractivity contribution < 1.29 is 9.53 Å². The maximum Gasteiger partial charge on any atom is 0.228 e. The molecule has 2 fully saturated rings. The lowest BCUT2D eigenvalue weighted by Crippen LogP contribution is -2.49. The van der Waals surface area contributed by atoms with Crippen LogP contribution in [0, 0.1) is 11.8 Å². The summed E-state index contributed by atoms with van der Waals surface area (Å²) in [6, 6.07) is 0.253. The molecule has 1 amide bonds. The first-order valence-electron chi connectivity index (χ1n) is 6.24. The van der Waals surface area contributed by atoms with E-state index >= 15 is 0 Å². The van der Waals surface area contributed by atoms with Gasteiger partial charge in [-0.25, -0.2) is 0 Å². The largest absolute Gasteiger partial charge is 0.378 e. The summed E-state index contributed by atoms with van der Waals surface area (Å²) in [6.07, 6.45) is 2.03. The van der Waals surface area contributed by atoms with E-state index in [9.17, 15) is 4.79 Å². The van der Waals surface area contributed by atoms with Crippen molar-refractivity contribution in [2.24, 2.45) is 17.6 Å². The van der Waals surface area contributed by atoms with E-state index in [0.29, 0.717) is 12.5 Å². The van der Waals surface area contributed by atoms with Crippen LogP contribution >= 0.6 is 0 Å². The minimum Gasteiger partial charge on any atom is -0.378 e. The number of nitrogens with zero attached hydrogens (tertiary/aromatic N) is 1. The van der Waals surface area contributed by atoms with Gasteiger partial charge in [-0.1, -0.05) is 6.92 Å². The molecule has 0 aromatic heterocycles. The molecule has 16 heavy (non-hydrogen) atoms.